The van der Waals surface area contributed by atoms with Crippen LogP contribution in [0.5, 0.6) is 0 Å². The molecule has 0 aromatic carbocycles. The molecule has 5 nitrogen and oxygen atoms in total. The number of guanidine groups is 1. The van der Waals surface area contributed by atoms with Crippen LogP contribution in [0.15, 0.2) is 10.4 Å². The molecule has 22 heavy (non-hydrogen) atoms. The quantitative estimate of drug-likeness (QED) is 0.268. The van der Waals surface area contributed by atoms with Crippen LogP contribution in [-0.4, -0.2) is 37.7 Å². The predicted octanol–water partition coefficient (Wildman–Crippen LogP) is 3.05. The van der Waals surface area contributed by atoms with Crippen molar-refractivity contribution in [2.24, 2.45) is 10.9 Å². The maximum Gasteiger partial charge on any atom is 0.191 e. The van der Waals surface area contributed by atoms with Crippen LogP contribution in [-0.2, 0) is 17.7 Å². The molecule has 0 bridgehead atoms. The van der Waals surface area contributed by atoms with Crippen molar-refractivity contribution in [3.63, 3.8) is 0 Å². The lowest BCUT2D eigenvalue weighted by Gasteiger charge is -2.11. The average Bonchev–Trinajstić information content (AvgIpc) is 2.93. The third-order valence-electron chi connectivity index (χ3n) is 2.77. The molecule has 2 N–H and O–H groups in total. The van der Waals surface area contributed by atoms with Crippen LogP contribution in [0.3, 0.4) is 0 Å². The highest BCUT2D eigenvalue weighted by atomic mass is 127. The molecule has 0 fully saturated rings. The molecule has 0 saturated heterocycles. The Morgan fingerprint density at radius 2 is 2.18 bits per heavy atom. The first kappa shape index (κ1) is 21.6. The van der Waals surface area contributed by atoms with Crippen molar-refractivity contribution in [2.75, 3.05) is 26.8 Å². The van der Waals surface area contributed by atoms with Crippen molar-refractivity contribution >= 4 is 41.3 Å². The smallest absolute Gasteiger partial charge is 0.191 e. The normalized spacial score (nSPS) is 11.4. The second-order valence-electron chi connectivity index (χ2n) is 5.26. The molecule has 1 rings (SSSR count). The summed E-state index contributed by atoms with van der Waals surface area (Å²) >= 11 is 1.71. The number of aliphatic imine (C=N–C) groups is 1. The number of hydrogen-bond acceptors (Lipinski definition) is 4. The molecule has 0 atom stereocenters. The molecular formula is C15H29IN4OS. The third-order valence-corrected chi connectivity index (χ3v) is 3.81. The van der Waals surface area contributed by atoms with E-state index in [0.717, 1.165) is 44.3 Å². The zero-order valence-electron chi connectivity index (χ0n) is 14.0. The average molecular weight is 440 g/mol. The fraction of sp³-hybridized carbons (Fsp3) is 0.733. The largest absolute Gasteiger partial charge is 0.381 e. The van der Waals surface area contributed by atoms with Crippen molar-refractivity contribution in [3.05, 3.63) is 16.1 Å². The maximum absolute atomic E-state index is 5.55. The second-order valence-corrected chi connectivity index (χ2v) is 6.20. The zero-order chi connectivity index (χ0) is 15.5. The summed E-state index contributed by atoms with van der Waals surface area (Å²) in [5.41, 5.74) is 1.07. The van der Waals surface area contributed by atoms with Crippen molar-refractivity contribution < 1.29 is 4.74 Å². The van der Waals surface area contributed by atoms with Crippen LogP contribution >= 0.6 is 35.3 Å². The van der Waals surface area contributed by atoms with Gasteiger partial charge in [0.15, 0.2) is 5.96 Å². The first-order valence-electron chi connectivity index (χ1n) is 7.61. The van der Waals surface area contributed by atoms with Gasteiger partial charge in [-0.2, -0.15) is 0 Å². The fourth-order valence-corrected chi connectivity index (χ4v) is 2.43. The topological polar surface area (TPSA) is 58.5 Å². The number of halogens is 1. The Labute approximate surface area is 155 Å². The molecule has 0 spiro atoms. The van der Waals surface area contributed by atoms with E-state index in [2.05, 4.69) is 46.8 Å². The molecule has 1 heterocycles. The molecule has 1 aromatic rings. The van der Waals surface area contributed by atoms with E-state index in [-0.39, 0.29) is 24.0 Å². The highest BCUT2D eigenvalue weighted by Gasteiger charge is 2.02. The summed E-state index contributed by atoms with van der Waals surface area (Å²) in [6.07, 6.45) is 1.97. The minimum absolute atomic E-state index is 0. The SMILES string of the molecule is CCc1nc(CNC(=NC)NCCCOCC(C)C)cs1.I. The van der Waals surface area contributed by atoms with E-state index < -0.39 is 0 Å². The molecule has 1 aromatic heterocycles. The number of nitrogens with zero attached hydrogens (tertiary/aromatic N) is 2. The van der Waals surface area contributed by atoms with Gasteiger partial charge in [-0.05, 0) is 18.8 Å². The Balaban J connectivity index is 0.00000441. The Morgan fingerprint density at radius 3 is 2.77 bits per heavy atom. The second kappa shape index (κ2) is 13.1. The fourth-order valence-electron chi connectivity index (χ4n) is 1.69. The first-order chi connectivity index (χ1) is 10.2. The number of ether oxygens (including phenoxy) is 1. The van der Waals surface area contributed by atoms with E-state index in [1.807, 2.05) is 0 Å². The van der Waals surface area contributed by atoms with Crippen LogP contribution in [0.4, 0.5) is 0 Å². The summed E-state index contributed by atoms with van der Waals surface area (Å²) in [6.45, 7) is 9.62. The van der Waals surface area contributed by atoms with Crippen molar-refractivity contribution in [2.45, 2.75) is 40.2 Å². The van der Waals surface area contributed by atoms with Gasteiger partial charge in [0.25, 0.3) is 0 Å². The zero-order valence-corrected chi connectivity index (χ0v) is 17.2. The van der Waals surface area contributed by atoms with Gasteiger partial charge in [0.1, 0.15) is 0 Å². The number of nitrogens with one attached hydrogen (secondary N) is 2. The lowest BCUT2D eigenvalue weighted by atomic mass is 10.2. The monoisotopic (exact) mass is 440 g/mol. The van der Waals surface area contributed by atoms with Gasteiger partial charge in [-0.1, -0.05) is 20.8 Å². The van der Waals surface area contributed by atoms with E-state index >= 15 is 0 Å². The molecule has 0 aliphatic heterocycles. The Hall–Kier alpha value is -0.410. The summed E-state index contributed by atoms with van der Waals surface area (Å²) in [6, 6.07) is 0. The third kappa shape index (κ3) is 9.58. The van der Waals surface area contributed by atoms with Gasteiger partial charge >= 0.3 is 0 Å². The molecule has 0 aliphatic rings. The lowest BCUT2D eigenvalue weighted by molar-refractivity contribution is 0.108. The summed E-state index contributed by atoms with van der Waals surface area (Å²) < 4.78 is 5.55. The lowest BCUT2D eigenvalue weighted by Crippen LogP contribution is -2.37. The van der Waals surface area contributed by atoms with Crippen LogP contribution < -0.4 is 10.6 Å². The van der Waals surface area contributed by atoms with Gasteiger partial charge in [-0.25, -0.2) is 4.98 Å². The number of hydrogen-bond donors (Lipinski definition) is 2. The van der Waals surface area contributed by atoms with Crippen molar-refractivity contribution in [1.82, 2.24) is 15.6 Å². The minimum atomic E-state index is 0. The van der Waals surface area contributed by atoms with Gasteiger partial charge < -0.3 is 15.4 Å². The van der Waals surface area contributed by atoms with Crippen molar-refractivity contribution in [1.29, 1.82) is 0 Å². The number of thiazole rings is 1. The van der Waals surface area contributed by atoms with Gasteiger partial charge in [-0.15, -0.1) is 35.3 Å². The Kier molecular flexibility index (Phi) is 12.8. The Morgan fingerprint density at radius 1 is 1.41 bits per heavy atom. The predicted molar refractivity (Wildman–Crippen MR) is 105 cm³/mol. The van der Waals surface area contributed by atoms with Crippen LogP contribution in [0.1, 0.15) is 37.9 Å². The molecule has 7 heteroatoms. The summed E-state index contributed by atoms with van der Waals surface area (Å²) in [7, 11) is 1.78. The Bertz CT molecular complexity index is 423. The number of rotatable bonds is 9. The van der Waals surface area contributed by atoms with E-state index in [9.17, 15) is 0 Å². The van der Waals surface area contributed by atoms with Gasteiger partial charge in [0.2, 0.25) is 0 Å². The standard InChI is InChI=1S/C15H28N4OS.HI/c1-5-14-19-13(11-21-14)9-18-15(16-4)17-7-6-8-20-10-12(2)3;/h11-12H,5-10H2,1-4H3,(H2,16,17,18);1H. The van der Waals surface area contributed by atoms with Gasteiger partial charge in [0, 0.05) is 32.2 Å². The number of aryl methyl sites for hydroxylation is 1. The van der Waals surface area contributed by atoms with E-state index in [0.29, 0.717) is 12.5 Å². The summed E-state index contributed by atoms with van der Waals surface area (Å²) in [5, 5.41) is 9.83. The van der Waals surface area contributed by atoms with E-state index in [1.54, 1.807) is 18.4 Å². The highest BCUT2D eigenvalue weighted by molar-refractivity contribution is 14.0. The molecule has 128 valence electrons. The summed E-state index contributed by atoms with van der Waals surface area (Å²) in [4.78, 5) is 8.73. The molecule has 0 radical (unpaired) electrons. The molecule has 0 amide bonds. The minimum Gasteiger partial charge on any atom is -0.381 e. The summed E-state index contributed by atoms with van der Waals surface area (Å²) in [5.74, 6) is 1.41. The highest BCUT2D eigenvalue weighted by Crippen LogP contribution is 2.09. The van der Waals surface area contributed by atoms with Gasteiger partial charge in [0.05, 0.1) is 17.2 Å². The van der Waals surface area contributed by atoms with Crippen LogP contribution in [0.2, 0.25) is 0 Å². The first-order valence-corrected chi connectivity index (χ1v) is 8.49. The van der Waals surface area contributed by atoms with Gasteiger partial charge in [-0.3, -0.25) is 4.99 Å². The van der Waals surface area contributed by atoms with E-state index in [4.69, 9.17) is 4.74 Å². The molecule has 0 unspecified atom stereocenters. The van der Waals surface area contributed by atoms with Crippen LogP contribution in [0, 0.1) is 5.92 Å². The molecule has 0 aliphatic carbocycles. The van der Waals surface area contributed by atoms with Crippen molar-refractivity contribution in [3.8, 4) is 0 Å². The van der Waals surface area contributed by atoms with Crippen LogP contribution in [0.25, 0.3) is 0 Å². The maximum atomic E-state index is 5.55. The molecule has 0 saturated carbocycles. The van der Waals surface area contributed by atoms with E-state index in [1.165, 1.54) is 5.01 Å². The molecular weight excluding hydrogens is 411 g/mol. The number of aromatic nitrogens is 1.